The van der Waals surface area contributed by atoms with Gasteiger partial charge in [-0.15, -0.1) is 0 Å². The second-order valence-corrected chi connectivity index (χ2v) is 7.16. The summed E-state index contributed by atoms with van der Waals surface area (Å²) in [4.78, 5) is 10.8. The molecule has 0 saturated carbocycles. The van der Waals surface area contributed by atoms with Crippen LogP contribution in [0.2, 0.25) is 0 Å². The van der Waals surface area contributed by atoms with Gasteiger partial charge < -0.3 is 21.0 Å². The van der Waals surface area contributed by atoms with Crippen molar-refractivity contribution in [3.8, 4) is 5.75 Å². The summed E-state index contributed by atoms with van der Waals surface area (Å²) in [5, 5.41) is 16.3. The normalized spacial score (nSPS) is 10.1. The molecule has 0 aliphatic heterocycles. The molecular formula is C18H20Br2N2O3. The second kappa shape index (κ2) is 10.3. The Morgan fingerprint density at radius 2 is 1.88 bits per heavy atom. The number of phenols is 1. The van der Waals surface area contributed by atoms with Crippen LogP contribution >= 0.6 is 31.9 Å². The van der Waals surface area contributed by atoms with Crippen molar-refractivity contribution in [3.63, 3.8) is 0 Å². The Morgan fingerprint density at radius 3 is 2.36 bits per heavy atom. The SMILES string of the molecule is CC(C)OCc1ccc(C(N)=O)cc1.N=Cc1cc(Br)cc(Br)c1O. The van der Waals surface area contributed by atoms with E-state index < -0.39 is 5.91 Å². The topological polar surface area (TPSA) is 96.4 Å². The summed E-state index contributed by atoms with van der Waals surface area (Å²) in [7, 11) is 0. The van der Waals surface area contributed by atoms with E-state index in [9.17, 15) is 9.90 Å². The number of hydrogen-bond acceptors (Lipinski definition) is 4. The molecule has 0 unspecified atom stereocenters. The molecule has 2 aromatic rings. The van der Waals surface area contributed by atoms with Crippen molar-refractivity contribution >= 4 is 44.0 Å². The summed E-state index contributed by atoms with van der Waals surface area (Å²) in [6.07, 6.45) is 1.32. The van der Waals surface area contributed by atoms with Gasteiger partial charge in [0.15, 0.2) is 0 Å². The third kappa shape index (κ3) is 7.37. The highest BCUT2D eigenvalue weighted by atomic mass is 79.9. The minimum atomic E-state index is -0.402. The molecular weight excluding hydrogens is 452 g/mol. The fraction of sp³-hybridized carbons (Fsp3) is 0.222. The Bertz CT molecular complexity index is 732. The highest BCUT2D eigenvalue weighted by Gasteiger charge is 2.04. The molecule has 25 heavy (non-hydrogen) atoms. The molecule has 5 nitrogen and oxygen atoms in total. The Hall–Kier alpha value is -1.70. The van der Waals surface area contributed by atoms with Crippen molar-refractivity contribution < 1.29 is 14.6 Å². The minimum absolute atomic E-state index is 0.100. The van der Waals surface area contributed by atoms with Crippen LogP contribution in [0.1, 0.15) is 35.3 Å². The summed E-state index contributed by atoms with van der Waals surface area (Å²) < 4.78 is 6.83. The summed E-state index contributed by atoms with van der Waals surface area (Å²) in [5.41, 5.74) is 7.18. The molecule has 0 saturated heterocycles. The van der Waals surface area contributed by atoms with Crippen LogP contribution in [0.15, 0.2) is 45.3 Å². The first-order chi connectivity index (χ1) is 11.7. The number of primary amides is 1. The number of amides is 1. The first-order valence-electron chi connectivity index (χ1n) is 7.43. The Kier molecular flexibility index (Phi) is 8.82. The van der Waals surface area contributed by atoms with E-state index in [0.29, 0.717) is 22.2 Å². The number of rotatable bonds is 5. The van der Waals surface area contributed by atoms with Gasteiger partial charge in [0.1, 0.15) is 5.75 Å². The lowest BCUT2D eigenvalue weighted by atomic mass is 10.1. The number of carbonyl (C=O) groups is 1. The highest BCUT2D eigenvalue weighted by molar-refractivity contribution is 9.11. The number of hydrogen-bond donors (Lipinski definition) is 3. The molecule has 0 bridgehead atoms. The molecule has 7 heteroatoms. The van der Waals surface area contributed by atoms with E-state index in [-0.39, 0.29) is 11.9 Å². The van der Waals surface area contributed by atoms with Gasteiger partial charge in [0, 0.05) is 21.8 Å². The number of phenolic OH excluding ortho intramolecular Hbond substituents is 1. The van der Waals surface area contributed by atoms with Crippen LogP contribution in [0.4, 0.5) is 0 Å². The van der Waals surface area contributed by atoms with Crippen molar-refractivity contribution in [3.05, 3.63) is 62.0 Å². The average Bonchev–Trinajstić information content (AvgIpc) is 2.57. The number of nitrogens with one attached hydrogen (secondary N) is 1. The van der Waals surface area contributed by atoms with Crippen molar-refractivity contribution in [1.82, 2.24) is 0 Å². The van der Waals surface area contributed by atoms with Crippen LogP contribution < -0.4 is 5.73 Å². The Labute approximate surface area is 164 Å². The van der Waals surface area contributed by atoms with E-state index in [4.69, 9.17) is 15.9 Å². The average molecular weight is 472 g/mol. The minimum Gasteiger partial charge on any atom is -0.506 e. The molecule has 0 fully saturated rings. The van der Waals surface area contributed by atoms with Gasteiger partial charge in [0.05, 0.1) is 17.2 Å². The summed E-state index contributed by atoms with van der Waals surface area (Å²) in [6, 6.07) is 10.5. The molecule has 0 aliphatic rings. The molecule has 0 radical (unpaired) electrons. The van der Waals surface area contributed by atoms with Gasteiger partial charge in [-0.25, -0.2) is 0 Å². The number of nitrogens with two attached hydrogens (primary N) is 1. The zero-order valence-corrected chi connectivity index (χ0v) is 17.1. The second-order valence-electron chi connectivity index (χ2n) is 5.39. The fourth-order valence-corrected chi connectivity index (χ4v) is 2.98. The zero-order valence-electron chi connectivity index (χ0n) is 13.9. The predicted octanol–water partition coefficient (Wildman–Crippen LogP) is 4.63. The van der Waals surface area contributed by atoms with E-state index in [1.165, 1.54) is 0 Å². The number of benzene rings is 2. The highest BCUT2D eigenvalue weighted by Crippen LogP contribution is 2.30. The van der Waals surface area contributed by atoms with Crippen LogP contribution in [0.25, 0.3) is 0 Å². The molecule has 1 amide bonds. The van der Waals surface area contributed by atoms with Gasteiger partial charge in [0.2, 0.25) is 5.91 Å². The lowest BCUT2D eigenvalue weighted by Crippen LogP contribution is -2.10. The van der Waals surface area contributed by atoms with Crippen LogP contribution in [0.3, 0.4) is 0 Å². The third-order valence-corrected chi connectivity index (χ3v) is 4.10. The molecule has 0 heterocycles. The van der Waals surface area contributed by atoms with Gasteiger partial charge in [-0.1, -0.05) is 28.1 Å². The van der Waals surface area contributed by atoms with E-state index in [0.717, 1.165) is 16.3 Å². The molecule has 0 atom stereocenters. The van der Waals surface area contributed by atoms with Gasteiger partial charge in [-0.05, 0) is 59.6 Å². The monoisotopic (exact) mass is 470 g/mol. The number of carbonyl (C=O) groups excluding carboxylic acids is 1. The summed E-state index contributed by atoms with van der Waals surface area (Å²) in [5.74, 6) is -0.301. The standard InChI is InChI=1S/C11H15NO2.C7H5Br2NO/c1-8(2)14-7-9-3-5-10(6-4-9)11(12)13;8-5-1-4(3-10)7(11)6(9)2-5/h3-6,8H,7H2,1-2H3,(H2,12,13);1-3,10-11H. The smallest absolute Gasteiger partial charge is 0.248 e. The van der Waals surface area contributed by atoms with Gasteiger partial charge in [0.25, 0.3) is 0 Å². The van der Waals surface area contributed by atoms with Gasteiger partial charge in [-0.3, -0.25) is 4.79 Å². The predicted molar refractivity (Wildman–Crippen MR) is 106 cm³/mol. The summed E-state index contributed by atoms with van der Waals surface area (Å²) in [6.45, 7) is 4.53. The van der Waals surface area contributed by atoms with Crippen molar-refractivity contribution in [1.29, 1.82) is 5.41 Å². The molecule has 2 aromatic carbocycles. The molecule has 134 valence electrons. The van der Waals surface area contributed by atoms with E-state index >= 15 is 0 Å². The first kappa shape index (κ1) is 21.3. The van der Waals surface area contributed by atoms with E-state index in [1.54, 1.807) is 24.3 Å². The lowest BCUT2D eigenvalue weighted by Gasteiger charge is -2.07. The Morgan fingerprint density at radius 1 is 1.28 bits per heavy atom. The Balaban J connectivity index is 0.000000257. The summed E-state index contributed by atoms with van der Waals surface area (Å²) >= 11 is 6.40. The molecule has 0 aliphatic carbocycles. The quantitative estimate of drug-likeness (QED) is 0.554. The van der Waals surface area contributed by atoms with Crippen LogP contribution in [-0.2, 0) is 11.3 Å². The van der Waals surface area contributed by atoms with Crippen molar-refractivity contribution in [2.75, 3.05) is 0 Å². The molecule has 4 N–H and O–H groups in total. The maximum absolute atomic E-state index is 10.8. The van der Waals surface area contributed by atoms with Crippen molar-refractivity contribution in [2.24, 2.45) is 5.73 Å². The van der Waals surface area contributed by atoms with Crippen molar-refractivity contribution in [2.45, 2.75) is 26.6 Å². The number of halogens is 2. The third-order valence-electron chi connectivity index (χ3n) is 3.03. The van der Waals surface area contributed by atoms with Crippen LogP contribution in [0, 0.1) is 5.41 Å². The number of aromatic hydroxyl groups is 1. The maximum Gasteiger partial charge on any atom is 0.248 e. The molecule has 2 rings (SSSR count). The fourth-order valence-electron chi connectivity index (χ4n) is 1.72. The van der Waals surface area contributed by atoms with Crippen LogP contribution in [-0.4, -0.2) is 23.3 Å². The van der Waals surface area contributed by atoms with Gasteiger partial charge >= 0.3 is 0 Å². The molecule has 0 spiro atoms. The molecule has 0 aromatic heterocycles. The van der Waals surface area contributed by atoms with Crippen LogP contribution in [0.5, 0.6) is 5.75 Å². The zero-order chi connectivity index (χ0) is 19.0. The van der Waals surface area contributed by atoms with E-state index in [1.807, 2.05) is 26.0 Å². The number of ether oxygens (including phenoxy) is 1. The first-order valence-corrected chi connectivity index (χ1v) is 9.02. The van der Waals surface area contributed by atoms with E-state index in [2.05, 4.69) is 31.9 Å². The maximum atomic E-state index is 10.8. The largest absolute Gasteiger partial charge is 0.506 e. The lowest BCUT2D eigenvalue weighted by molar-refractivity contribution is 0.0657. The van der Waals surface area contributed by atoms with Gasteiger partial charge in [-0.2, -0.15) is 0 Å².